The Labute approximate surface area is 164 Å². The van der Waals surface area contributed by atoms with E-state index >= 15 is 0 Å². The third kappa shape index (κ3) is 12.2. The first-order valence-corrected chi connectivity index (χ1v) is 10.0. The molecule has 0 amide bonds. The maximum atomic E-state index is 11.3. The number of nitrogens with zero attached hydrogens (tertiary/aromatic N) is 1. The molecule has 0 spiro atoms. The lowest BCUT2D eigenvalue weighted by atomic mass is 10.1. The number of aryl methyl sites for hydroxylation is 1. The van der Waals surface area contributed by atoms with Gasteiger partial charge in [-0.15, -0.1) is 0 Å². The molecule has 1 fully saturated rings. The van der Waals surface area contributed by atoms with E-state index in [1.807, 2.05) is 58.0 Å². The topological polar surface area (TPSA) is 55.8 Å². The molecule has 5 nitrogen and oxygen atoms in total. The Morgan fingerprint density at radius 3 is 2.00 bits per heavy atom. The summed E-state index contributed by atoms with van der Waals surface area (Å²) in [5.74, 6) is -0.208. The number of ether oxygens (including phenoxy) is 2. The summed E-state index contributed by atoms with van der Waals surface area (Å²) in [7, 11) is 0. The molecule has 0 aliphatic carbocycles. The maximum Gasteiger partial charge on any atom is 0.320 e. The fourth-order valence-corrected chi connectivity index (χ4v) is 2.81. The fourth-order valence-electron chi connectivity index (χ4n) is 2.81. The van der Waals surface area contributed by atoms with Crippen LogP contribution in [0, 0.1) is 0 Å². The van der Waals surface area contributed by atoms with Gasteiger partial charge in [-0.1, -0.05) is 36.8 Å². The zero-order valence-corrected chi connectivity index (χ0v) is 17.3. The van der Waals surface area contributed by atoms with Gasteiger partial charge >= 0.3 is 11.9 Å². The molecule has 1 saturated heterocycles. The highest BCUT2D eigenvalue weighted by Crippen LogP contribution is 2.08. The third-order valence-electron chi connectivity index (χ3n) is 4.00. The van der Waals surface area contributed by atoms with Gasteiger partial charge in [-0.3, -0.25) is 14.5 Å². The Kier molecular flexibility index (Phi) is 11.4. The van der Waals surface area contributed by atoms with Gasteiger partial charge in [-0.05, 0) is 65.6 Å². The monoisotopic (exact) mass is 377 g/mol. The number of rotatable bonds is 7. The second-order valence-corrected chi connectivity index (χ2v) is 7.40. The highest BCUT2D eigenvalue weighted by molar-refractivity contribution is 5.71. The molecule has 0 aromatic heterocycles. The van der Waals surface area contributed by atoms with Crippen molar-refractivity contribution in [1.29, 1.82) is 0 Å². The second-order valence-electron chi connectivity index (χ2n) is 7.40. The highest BCUT2D eigenvalue weighted by Gasteiger charge is 2.15. The first kappa shape index (κ1) is 23.2. The van der Waals surface area contributed by atoms with Crippen LogP contribution in [0.4, 0.5) is 0 Å². The number of likely N-dealkylation sites (tertiary alicyclic amines) is 1. The zero-order valence-electron chi connectivity index (χ0n) is 17.3. The van der Waals surface area contributed by atoms with Crippen LogP contribution in [-0.2, 0) is 25.5 Å². The average Bonchev–Trinajstić information content (AvgIpc) is 2.61. The van der Waals surface area contributed by atoms with Crippen LogP contribution in [0.5, 0.6) is 0 Å². The predicted octanol–water partition coefficient (Wildman–Crippen LogP) is 3.99. The van der Waals surface area contributed by atoms with E-state index in [4.69, 9.17) is 9.47 Å². The lowest BCUT2D eigenvalue weighted by molar-refractivity contribution is -0.149. The summed E-state index contributed by atoms with van der Waals surface area (Å²) in [6.45, 7) is 10.1. The molecule has 5 heteroatoms. The molecular weight excluding hydrogens is 342 g/mol. The maximum absolute atomic E-state index is 11.3. The van der Waals surface area contributed by atoms with Gasteiger partial charge in [0, 0.05) is 6.42 Å². The molecule has 0 N–H and O–H groups in total. The molecule has 1 aromatic rings. The zero-order chi connectivity index (χ0) is 20.1. The van der Waals surface area contributed by atoms with Crippen molar-refractivity contribution in [3.8, 4) is 0 Å². The van der Waals surface area contributed by atoms with E-state index in [1.165, 1.54) is 24.8 Å². The van der Waals surface area contributed by atoms with Crippen LogP contribution in [0.25, 0.3) is 0 Å². The lowest BCUT2D eigenvalue weighted by Crippen LogP contribution is -2.35. The summed E-state index contributed by atoms with van der Waals surface area (Å²) in [6, 6.07) is 9.95. The Balaban J connectivity index is 0.000000271. The van der Waals surface area contributed by atoms with Crippen molar-refractivity contribution >= 4 is 11.9 Å². The minimum absolute atomic E-state index is 0.0114. The molecule has 1 aliphatic rings. The summed E-state index contributed by atoms with van der Waals surface area (Å²) >= 11 is 0. The van der Waals surface area contributed by atoms with E-state index in [0.717, 1.165) is 19.5 Å². The van der Waals surface area contributed by atoms with E-state index in [1.54, 1.807) is 0 Å². The third-order valence-corrected chi connectivity index (χ3v) is 4.00. The molecule has 1 heterocycles. The molecule has 0 saturated carbocycles. The Morgan fingerprint density at radius 2 is 1.44 bits per heavy atom. The number of carbonyl (C=O) groups excluding carboxylic acids is 2. The van der Waals surface area contributed by atoms with E-state index in [0.29, 0.717) is 13.0 Å². The average molecular weight is 378 g/mol. The van der Waals surface area contributed by atoms with Crippen molar-refractivity contribution in [2.45, 2.75) is 72.0 Å². The van der Waals surface area contributed by atoms with Crippen LogP contribution < -0.4 is 0 Å². The van der Waals surface area contributed by atoms with Crippen molar-refractivity contribution in [2.75, 3.05) is 19.6 Å². The number of piperidine rings is 1. The smallest absolute Gasteiger partial charge is 0.320 e. The minimum Gasteiger partial charge on any atom is -0.463 e. The van der Waals surface area contributed by atoms with Gasteiger partial charge in [0.1, 0.15) is 0 Å². The summed E-state index contributed by atoms with van der Waals surface area (Å²) in [4.78, 5) is 24.6. The molecule has 0 radical (unpaired) electrons. The molecule has 2 rings (SSSR count). The Bertz CT molecular complexity index is 537. The van der Waals surface area contributed by atoms with Crippen LogP contribution in [0.3, 0.4) is 0 Å². The Hall–Kier alpha value is -1.88. The van der Waals surface area contributed by atoms with Crippen molar-refractivity contribution in [3.63, 3.8) is 0 Å². The van der Waals surface area contributed by atoms with Gasteiger partial charge in [0.05, 0.1) is 18.8 Å². The number of benzene rings is 1. The van der Waals surface area contributed by atoms with E-state index in [2.05, 4.69) is 4.90 Å². The summed E-state index contributed by atoms with van der Waals surface area (Å²) in [5, 5.41) is 0. The Morgan fingerprint density at radius 1 is 0.889 bits per heavy atom. The van der Waals surface area contributed by atoms with Crippen molar-refractivity contribution in [2.24, 2.45) is 0 Å². The van der Waals surface area contributed by atoms with Crippen molar-refractivity contribution < 1.29 is 19.1 Å². The number of esters is 2. The van der Waals surface area contributed by atoms with Crippen LogP contribution >= 0.6 is 0 Å². The molecule has 0 bridgehead atoms. The molecule has 152 valence electrons. The van der Waals surface area contributed by atoms with Gasteiger partial charge < -0.3 is 9.47 Å². The standard InChI is InChI=1S/C12H16O2.C10H19NO2/c1-10(2)14-12(13)9-8-11-6-4-3-5-7-11;1-9(2)13-10(12)8-11-6-4-3-5-7-11/h3-7,10H,8-9H2,1-2H3;9H,3-8H2,1-2H3. The van der Waals surface area contributed by atoms with Gasteiger partial charge in [0.25, 0.3) is 0 Å². The van der Waals surface area contributed by atoms with Gasteiger partial charge in [0.15, 0.2) is 0 Å². The van der Waals surface area contributed by atoms with Crippen LogP contribution in [0.1, 0.15) is 58.9 Å². The SMILES string of the molecule is CC(C)OC(=O)CCc1ccccc1.CC(C)OC(=O)CN1CCCCC1. The molecule has 1 aliphatic heterocycles. The molecule has 0 unspecified atom stereocenters. The van der Waals surface area contributed by atoms with Crippen molar-refractivity contribution in [3.05, 3.63) is 35.9 Å². The second kappa shape index (κ2) is 13.3. The van der Waals surface area contributed by atoms with Crippen LogP contribution in [-0.4, -0.2) is 48.7 Å². The van der Waals surface area contributed by atoms with E-state index < -0.39 is 0 Å². The van der Waals surface area contributed by atoms with Crippen LogP contribution in [0.2, 0.25) is 0 Å². The molecule has 0 atom stereocenters. The molecule has 1 aromatic carbocycles. The molecule has 27 heavy (non-hydrogen) atoms. The highest BCUT2D eigenvalue weighted by atomic mass is 16.5. The summed E-state index contributed by atoms with van der Waals surface area (Å²) in [5.41, 5.74) is 1.17. The molecular formula is C22H35NO4. The number of hydrogen-bond acceptors (Lipinski definition) is 5. The van der Waals surface area contributed by atoms with Crippen LogP contribution in [0.15, 0.2) is 30.3 Å². The normalized spacial score (nSPS) is 14.4. The first-order chi connectivity index (χ1) is 12.9. The largest absolute Gasteiger partial charge is 0.463 e. The first-order valence-electron chi connectivity index (χ1n) is 10.0. The van der Waals surface area contributed by atoms with E-state index in [9.17, 15) is 9.59 Å². The number of carbonyl (C=O) groups is 2. The van der Waals surface area contributed by atoms with E-state index in [-0.39, 0.29) is 24.1 Å². The quantitative estimate of drug-likeness (QED) is 0.673. The predicted molar refractivity (Wildman–Crippen MR) is 108 cm³/mol. The number of hydrogen-bond donors (Lipinski definition) is 0. The van der Waals surface area contributed by atoms with Crippen molar-refractivity contribution in [1.82, 2.24) is 4.90 Å². The van der Waals surface area contributed by atoms with Gasteiger partial charge in [-0.2, -0.15) is 0 Å². The summed E-state index contributed by atoms with van der Waals surface area (Å²) < 4.78 is 10.1. The fraction of sp³-hybridized carbons (Fsp3) is 0.636. The summed E-state index contributed by atoms with van der Waals surface area (Å²) in [6.07, 6.45) is 4.95. The van der Waals surface area contributed by atoms with Gasteiger partial charge in [-0.25, -0.2) is 0 Å². The lowest BCUT2D eigenvalue weighted by Gasteiger charge is -2.25. The van der Waals surface area contributed by atoms with Gasteiger partial charge in [0.2, 0.25) is 0 Å². The minimum atomic E-state index is -0.121.